The first-order chi connectivity index (χ1) is 13.3. The molecule has 2 aromatic heterocycles. The summed E-state index contributed by atoms with van der Waals surface area (Å²) in [6.07, 6.45) is 5.27. The minimum absolute atomic E-state index is 0.0811. The van der Waals surface area contributed by atoms with Crippen LogP contribution in [0.3, 0.4) is 0 Å². The minimum atomic E-state index is -3.71. The van der Waals surface area contributed by atoms with Crippen molar-refractivity contribution in [1.29, 1.82) is 0 Å². The van der Waals surface area contributed by atoms with E-state index in [0.29, 0.717) is 18.9 Å². The second-order valence-electron chi connectivity index (χ2n) is 8.17. The molecule has 1 unspecified atom stereocenters. The number of imidazole rings is 1. The lowest BCUT2D eigenvalue weighted by Crippen LogP contribution is -2.40. The van der Waals surface area contributed by atoms with Crippen LogP contribution in [0.4, 0.5) is 0 Å². The second kappa shape index (κ2) is 7.11. The van der Waals surface area contributed by atoms with Crippen molar-refractivity contribution in [3.8, 4) is 0 Å². The zero-order valence-electron chi connectivity index (χ0n) is 16.6. The highest BCUT2D eigenvalue weighted by molar-refractivity contribution is 7.89. The summed E-state index contributed by atoms with van der Waals surface area (Å²) in [5, 5.41) is 4.57. The van der Waals surface area contributed by atoms with Crippen molar-refractivity contribution in [2.45, 2.75) is 69.0 Å². The van der Waals surface area contributed by atoms with E-state index in [1.165, 1.54) is 8.99 Å². The molecule has 0 bridgehead atoms. The van der Waals surface area contributed by atoms with Crippen LogP contribution >= 0.6 is 0 Å². The number of hydrogen-bond acceptors (Lipinski definition) is 5. The van der Waals surface area contributed by atoms with E-state index in [-0.39, 0.29) is 29.1 Å². The van der Waals surface area contributed by atoms with E-state index in [2.05, 4.69) is 10.1 Å². The van der Waals surface area contributed by atoms with Gasteiger partial charge in [-0.15, -0.1) is 0 Å². The Balaban J connectivity index is 1.60. The smallest absolute Gasteiger partial charge is 0.266 e. The fourth-order valence-electron chi connectivity index (χ4n) is 3.93. The van der Waals surface area contributed by atoms with Gasteiger partial charge in [-0.3, -0.25) is 4.79 Å². The lowest BCUT2D eigenvalue weighted by Gasteiger charge is -2.23. The predicted molar refractivity (Wildman–Crippen MR) is 105 cm³/mol. The zero-order chi connectivity index (χ0) is 20.1. The third kappa shape index (κ3) is 3.53. The van der Waals surface area contributed by atoms with Crippen molar-refractivity contribution in [3.63, 3.8) is 0 Å². The molecule has 28 heavy (non-hydrogen) atoms. The van der Waals surface area contributed by atoms with Crippen molar-refractivity contribution in [3.05, 3.63) is 40.2 Å². The molecule has 4 rings (SSSR count). The number of nitrogens with zero attached hydrogens (tertiary/aromatic N) is 5. The van der Waals surface area contributed by atoms with Gasteiger partial charge in [-0.05, 0) is 31.7 Å². The van der Waals surface area contributed by atoms with Crippen molar-refractivity contribution >= 4 is 10.0 Å². The molecule has 1 saturated heterocycles. The number of hydrogen-bond donors (Lipinski definition) is 0. The molecule has 1 atom stereocenters. The van der Waals surface area contributed by atoms with Gasteiger partial charge in [0.05, 0.1) is 12.2 Å². The lowest BCUT2D eigenvalue weighted by molar-refractivity contribution is 0.333. The quantitative estimate of drug-likeness (QED) is 0.731. The van der Waals surface area contributed by atoms with Gasteiger partial charge in [-0.1, -0.05) is 13.8 Å². The van der Waals surface area contributed by atoms with E-state index in [0.717, 1.165) is 30.8 Å². The lowest BCUT2D eigenvalue weighted by atomic mass is 10.2. The van der Waals surface area contributed by atoms with E-state index in [4.69, 9.17) is 0 Å². The van der Waals surface area contributed by atoms with Gasteiger partial charge in [-0.25, -0.2) is 18.1 Å². The summed E-state index contributed by atoms with van der Waals surface area (Å²) >= 11 is 0. The van der Waals surface area contributed by atoms with Crippen LogP contribution in [0.1, 0.15) is 62.9 Å². The number of sulfonamides is 1. The Kier molecular flexibility index (Phi) is 4.91. The Bertz CT molecular complexity index is 1040. The number of rotatable bonds is 6. The van der Waals surface area contributed by atoms with Crippen molar-refractivity contribution in [1.82, 2.24) is 23.6 Å². The molecule has 0 aromatic carbocycles. The standard InChI is InChI=1S/C19H27N5O3S/c1-13(2)19-20-17(12-22(19)3)28(26,27)24-10-4-5-15(24)11-23-18(25)9-8-16(21-23)14-6-7-14/h8-9,12-15H,4-7,10-11H2,1-3H3. The molecular formula is C19H27N5O3S. The molecule has 9 heteroatoms. The molecule has 152 valence electrons. The van der Waals surface area contributed by atoms with Crippen molar-refractivity contribution < 1.29 is 8.42 Å². The molecule has 0 radical (unpaired) electrons. The highest BCUT2D eigenvalue weighted by Gasteiger charge is 2.37. The van der Waals surface area contributed by atoms with Gasteiger partial charge in [-0.2, -0.15) is 9.40 Å². The van der Waals surface area contributed by atoms with Crippen LogP contribution in [-0.4, -0.2) is 44.6 Å². The molecular weight excluding hydrogens is 378 g/mol. The topological polar surface area (TPSA) is 90.1 Å². The van der Waals surface area contributed by atoms with E-state index < -0.39 is 10.0 Å². The Morgan fingerprint density at radius 2 is 1.96 bits per heavy atom. The molecule has 2 aliphatic rings. The normalized spacial score (nSPS) is 20.9. The average Bonchev–Trinajstić information content (AvgIpc) is 3.24. The summed E-state index contributed by atoms with van der Waals surface area (Å²) in [5.74, 6) is 1.32. The molecule has 0 amide bonds. The highest BCUT2D eigenvalue weighted by atomic mass is 32.2. The first-order valence-corrected chi connectivity index (χ1v) is 11.3. The number of aryl methyl sites for hydroxylation is 1. The second-order valence-corrected chi connectivity index (χ2v) is 10.0. The first kappa shape index (κ1) is 19.3. The van der Waals surface area contributed by atoms with Gasteiger partial charge >= 0.3 is 0 Å². The Labute approximate surface area is 165 Å². The molecule has 2 fully saturated rings. The van der Waals surface area contributed by atoms with Gasteiger partial charge in [0.1, 0.15) is 5.82 Å². The molecule has 3 heterocycles. The Hall–Kier alpha value is -2.00. The maximum atomic E-state index is 13.2. The Morgan fingerprint density at radius 1 is 1.21 bits per heavy atom. The molecule has 2 aromatic rings. The summed E-state index contributed by atoms with van der Waals surface area (Å²) in [7, 11) is -1.90. The van der Waals surface area contributed by atoms with E-state index in [1.54, 1.807) is 22.9 Å². The minimum Gasteiger partial charge on any atom is -0.336 e. The van der Waals surface area contributed by atoms with Crippen molar-refractivity contribution in [2.24, 2.45) is 7.05 Å². The van der Waals surface area contributed by atoms with Gasteiger partial charge in [0.25, 0.3) is 15.6 Å². The molecule has 1 aliphatic carbocycles. The van der Waals surface area contributed by atoms with Crippen LogP contribution in [0.15, 0.2) is 28.2 Å². The van der Waals surface area contributed by atoms with Gasteiger partial charge in [0.15, 0.2) is 5.03 Å². The van der Waals surface area contributed by atoms with Crippen molar-refractivity contribution in [2.75, 3.05) is 6.54 Å². The van der Waals surface area contributed by atoms with Gasteiger partial charge < -0.3 is 4.57 Å². The van der Waals surface area contributed by atoms with Gasteiger partial charge in [0, 0.05) is 43.7 Å². The third-order valence-electron chi connectivity index (χ3n) is 5.57. The average molecular weight is 406 g/mol. The molecule has 8 nitrogen and oxygen atoms in total. The van der Waals surface area contributed by atoms with Crippen LogP contribution in [0.25, 0.3) is 0 Å². The van der Waals surface area contributed by atoms with Crippen LogP contribution in [0.5, 0.6) is 0 Å². The molecule has 1 aliphatic heterocycles. The molecule has 1 saturated carbocycles. The molecule has 0 spiro atoms. The van der Waals surface area contributed by atoms with E-state index >= 15 is 0 Å². The predicted octanol–water partition coefficient (Wildman–Crippen LogP) is 1.83. The SMILES string of the molecule is CC(C)c1nc(S(=O)(=O)N2CCCC2Cn2nc(C3CC3)ccc2=O)cn1C. The summed E-state index contributed by atoms with van der Waals surface area (Å²) < 4.78 is 31.2. The fraction of sp³-hybridized carbons (Fsp3) is 0.632. The monoisotopic (exact) mass is 405 g/mol. The Morgan fingerprint density at radius 3 is 2.61 bits per heavy atom. The maximum Gasteiger partial charge on any atom is 0.266 e. The summed E-state index contributed by atoms with van der Waals surface area (Å²) in [6.45, 7) is 4.70. The van der Waals surface area contributed by atoms with Crippen LogP contribution in [0, 0.1) is 0 Å². The largest absolute Gasteiger partial charge is 0.336 e. The number of aromatic nitrogens is 4. The van der Waals surface area contributed by atoms with E-state index in [1.807, 2.05) is 20.9 Å². The third-order valence-corrected chi connectivity index (χ3v) is 7.39. The highest BCUT2D eigenvalue weighted by Crippen LogP contribution is 2.38. The summed E-state index contributed by atoms with van der Waals surface area (Å²) in [5.41, 5.74) is 0.742. The summed E-state index contributed by atoms with van der Waals surface area (Å²) in [6, 6.07) is 3.05. The van der Waals surface area contributed by atoms with Crippen LogP contribution in [0.2, 0.25) is 0 Å². The van der Waals surface area contributed by atoms with Crippen LogP contribution in [-0.2, 0) is 23.6 Å². The van der Waals surface area contributed by atoms with Crippen LogP contribution < -0.4 is 5.56 Å². The molecule has 0 N–H and O–H groups in total. The summed E-state index contributed by atoms with van der Waals surface area (Å²) in [4.78, 5) is 16.6. The first-order valence-electron chi connectivity index (χ1n) is 9.90. The van der Waals surface area contributed by atoms with Gasteiger partial charge in [0.2, 0.25) is 0 Å². The zero-order valence-corrected chi connectivity index (χ0v) is 17.4. The maximum absolute atomic E-state index is 13.2. The van der Waals surface area contributed by atoms with E-state index in [9.17, 15) is 13.2 Å². The fourth-order valence-corrected chi connectivity index (χ4v) is 5.61.